The fourth-order valence-electron chi connectivity index (χ4n) is 2.24. The van der Waals surface area contributed by atoms with Crippen molar-refractivity contribution in [1.29, 1.82) is 0 Å². The van der Waals surface area contributed by atoms with Gasteiger partial charge in [0.25, 0.3) is 0 Å². The Bertz CT molecular complexity index is 675. The van der Waals surface area contributed by atoms with Crippen LogP contribution < -0.4 is 5.32 Å². The number of amides is 1. The van der Waals surface area contributed by atoms with Crippen LogP contribution in [-0.2, 0) is 4.79 Å². The van der Waals surface area contributed by atoms with Gasteiger partial charge in [0.1, 0.15) is 0 Å². The van der Waals surface area contributed by atoms with Crippen LogP contribution in [0.2, 0.25) is 10.0 Å². The van der Waals surface area contributed by atoms with Crippen LogP contribution in [0.25, 0.3) is 0 Å². The Balaban J connectivity index is 2.15. The summed E-state index contributed by atoms with van der Waals surface area (Å²) in [5.74, 6) is 0.385. The summed E-state index contributed by atoms with van der Waals surface area (Å²) in [4.78, 5) is 11.8. The van der Waals surface area contributed by atoms with Crippen molar-refractivity contribution in [2.75, 3.05) is 11.1 Å². The molecule has 0 unspecified atom stereocenters. The van der Waals surface area contributed by atoms with Gasteiger partial charge in [-0.05, 0) is 35.4 Å². The maximum Gasteiger partial charge on any atom is 0.234 e. The second-order valence-electron chi connectivity index (χ2n) is 4.49. The SMILES string of the molecule is O=C1CS[C@@H](c2ccccc2Cl)c2cc(Cl)ccc2N1. The van der Waals surface area contributed by atoms with E-state index in [4.69, 9.17) is 23.2 Å². The van der Waals surface area contributed by atoms with Crippen LogP contribution in [0.5, 0.6) is 0 Å². The lowest BCUT2D eigenvalue weighted by Crippen LogP contribution is -2.12. The largest absolute Gasteiger partial charge is 0.325 e. The van der Waals surface area contributed by atoms with Crippen molar-refractivity contribution in [3.05, 3.63) is 63.6 Å². The number of rotatable bonds is 1. The molecule has 20 heavy (non-hydrogen) atoms. The Kier molecular flexibility index (Phi) is 3.92. The Morgan fingerprint density at radius 2 is 1.90 bits per heavy atom. The summed E-state index contributed by atoms with van der Waals surface area (Å²) in [7, 11) is 0. The molecular formula is C15H11Cl2NOS. The Labute approximate surface area is 131 Å². The number of hydrogen-bond donors (Lipinski definition) is 1. The van der Waals surface area contributed by atoms with Crippen LogP contribution in [0.4, 0.5) is 5.69 Å². The number of nitrogens with one attached hydrogen (secondary N) is 1. The van der Waals surface area contributed by atoms with Crippen molar-refractivity contribution in [1.82, 2.24) is 0 Å². The van der Waals surface area contributed by atoms with Gasteiger partial charge in [-0.1, -0.05) is 41.4 Å². The Morgan fingerprint density at radius 1 is 1.10 bits per heavy atom. The molecule has 1 aliphatic rings. The highest BCUT2D eigenvalue weighted by Gasteiger charge is 2.25. The molecule has 0 aliphatic carbocycles. The second-order valence-corrected chi connectivity index (χ2v) is 6.43. The molecule has 0 fully saturated rings. The third-order valence-corrected chi connectivity index (χ3v) is 4.99. The molecule has 1 amide bonds. The van der Waals surface area contributed by atoms with E-state index in [0.717, 1.165) is 16.8 Å². The standard InChI is InChI=1S/C15H11Cl2NOS/c16-9-5-6-13-11(7-9)15(20-8-14(19)18-13)10-3-1-2-4-12(10)17/h1-7,15H,8H2,(H,18,19)/t15-/m0/s1. The predicted octanol–water partition coefficient (Wildman–Crippen LogP) is 4.77. The molecule has 1 N–H and O–H groups in total. The second kappa shape index (κ2) is 5.68. The molecule has 2 nitrogen and oxygen atoms in total. The van der Waals surface area contributed by atoms with Gasteiger partial charge in [-0.2, -0.15) is 0 Å². The van der Waals surface area contributed by atoms with E-state index in [0.29, 0.717) is 15.8 Å². The van der Waals surface area contributed by atoms with Crippen LogP contribution in [0, 0.1) is 0 Å². The molecule has 0 aromatic heterocycles. The van der Waals surface area contributed by atoms with Crippen molar-refractivity contribution in [2.24, 2.45) is 0 Å². The van der Waals surface area contributed by atoms with E-state index in [1.165, 1.54) is 0 Å². The van der Waals surface area contributed by atoms with Crippen molar-refractivity contribution in [3.8, 4) is 0 Å². The smallest absolute Gasteiger partial charge is 0.234 e. The Morgan fingerprint density at radius 3 is 2.70 bits per heavy atom. The fourth-order valence-corrected chi connectivity index (χ4v) is 3.88. The van der Waals surface area contributed by atoms with Crippen molar-refractivity contribution in [2.45, 2.75) is 5.25 Å². The first kappa shape index (κ1) is 13.8. The molecule has 2 aromatic carbocycles. The van der Waals surface area contributed by atoms with Gasteiger partial charge < -0.3 is 5.32 Å². The highest BCUT2D eigenvalue weighted by molar-refractivity contribution is 8.00. The monoisotopic (exact) mass is 323 g/mol. The average Bonchev–Trinajstić information content (AvgIpc) is 2.58. The topological polar surface area (TPSA) is 29.1 Å². The molecular weight excluding hydrogens is 313 g/mol. The van der Waals surface area contributed by atoms with Gasteiger partial charge in [0.15, 0.2) is 0 Å². The summed E-state index contributed by atoms with van der Waals surface area (Å²) in [6.45, 7) is 0. The average molecular weight is 324 g/mol. The zero-order valence-corrected chi connectivity index (χ0v) is 12.7. The number of anilines is 1. The van der Waals surface area contributed by atoms with E-state index >= 15 is 0 Å². The number of benzene rings is 2. The van der Waals surface area contributed by atoms with E-state index in [1.54, 1.807) is 17.8 Å². The molecule has 1 aliphatic heterocycles. The zero-order valence-electron chi connectivity index (χ0n) is 10.4. The molecule has 0 saturated carbocycles. The number of carbonyl (C=O) groups is 1. The van der Waals surface area contributed by atoms with Crippen LogP contribution in [0.3, 0.4) is 0 Å². The number of thioether (sulfide) groups is 1. The third kappa shape index (κ3) is 2.66. The lowest BCUT2D eigenvalue weighted by atomic mass is 10.0. The van der Waals surface area contributed by atoms with E-state index < -0.39 is 0 Å². The van der Waals surface area contributed by atoms with Gasteiger partial charge >= 0.3 is 0 Å². The minimum Gasteiger partial charge on any atom is -0.325 e. The number of halogens is 2. The van der Waals surface area contributed by atoms with Gasteiger partial charge in [-0.3, -0.25) is 4.79 Å². The quantitative estimate of drug-likeness (QED) is 0.819. The maximum absolute atomic E-state index is 11.8. The predicted molar refractivity (Wildman–Crippen MR) is 85.8 cm³/mol. The summed E-state index contributed by atoms with van der Waals surface area (Å²) in [5, 5.41) is 4.25. The van der Waals surface area contributed by atoms with Crippen molar-refractivity contribution >= 4 is 46.6 Å². The maximum atomic E-state index is 11.8. The lowest BCUT2D eigenvalue weighted by molar-refractivity contribution is -0.113. The molecule has 0 spiro atoms. The minimum absolute atomic E-state index is 0.00338. The molecule has 5 heteroatoms. The summed E-state index contributed by atoms with van der Waals surface area (Å²) in [5.41, 5.74) is 2.79. The summed E-state index contributed by atoms with van der Waals surface area (Å²) in [6.07, 6.45) is 0. The van der Waals surface area contributed by atoms with Gasteiger partial charge in [-0.25, -0.2) is 0 Å². The fraction of sp³-hybridized carbons (Fsp3) is 0.133. The number of hydrogen-bond acceptors (Lipinski definition) is 2. The van der Waals surface area contributed by atoms with Crippen LogP contribution in [0.15, 0.2) is 42.5 Å². The van der Waals surface area contributed by atoms with Crippen molar-refractivity contribution < 1.29 is 4.79 Å². The summed E-state index contributed by atoms with van der Waals surface area (Å²) >= 11 is 14.0. The number of carbonyl (C=O) groups excluding carboxylic acids is 1. The van der Waals surface area contributed by atoms with Crippen LogP contribution >= 0.6 is 35.0 Å². The third-order valence-electron chi connectivity index (χ3n) is 3.14. The highest BCUT2D eigenvalue weighted by Crippen LogP contribution is 2.44. The molecule has 102 valence electrons. The number of fused-ring (bicyclic) bond motifs is 1. The molecule has 1 atom stereocenters. The summed E-state index contributed by atoms with van der Waals surface area (Å²) in [6, 6.07) is 13.2. The van der Waals surface area contributed by atoms with E-state index in [9.17, 15) is 4.79 Å². The van der Waals surface area contributed by atoms with Crippen LogP contribution in [0.1, 0.15) is 16.4 Å². The minimum atomic E-state index is -0.00636. The molecule has 2 aromatic rings. The lowest BCUT2D eigenvalue weighted by Gasteiger charge is -2.18. The van der Waals surface area contributed by atoms with Crippen LogP contribution in [-0.4, -0.2) is 11.7 Å². The molecule has 0 radical (unpaired) electrons. The first-order valence-electron chi connectivity index (χ1n) is 6.10. The zero-order chi connectivity index (χ0) is 14.1. The first-order valence-corrected chi connectivity index (χ1v) is 7.91. The van der Waals surface area contributed by atoms with E-state index in [2.05, 4.69) is 5.32 Å². The van der Waals surface area contributed by atoms with E-state index in [1.807, 2.05) is 36.4 Å². The van der Waals surface area contributed by atoms with E-state index in [-0.39, 0.29) is 11.2 Å². The Hall–Kier alpha value is -1.16. The molecule has 3 rings (SSSR count). The molecule has 0 saturated heterocycles. The molecule has 0 bridgehead atoms. The van der Waals surface area contributed by atoms with Crippen molar-refractivity contribution in [3.63, 3.8) is 0 Å². The van der Waals surface area contributed by atoms with Gasteiger partial charge in [0, 0.05) is 15.7 Å². The van der Waals surface area contributed by atoms with Gasteiger partial charge in [0.05, 0.1) is 11.0 Å². The highest BCUT2D eigenvalue weighted by atomic mass is 35.5. The summed E-state index contributed by atoms with van der Waals surface area (Å²) < 4.78 is 0. The van der Waals surface area contributed by atoms with Gasteiger partial charge in [-0.15, -0.1) is 11.8 Å². The van der Waals surface area contributed by atoms with Gasteiger partial charge in [0.2, 0.25) is 5.91 Å². The molecule has 1 heterocycles. The first-order chi connectivity index (χ1) is 9.65. The normalized spacial score (nSPS) is 18.1.